The van der Waals surface area contributed by atoms with E-state index in [9.17, 15) is 0 Å². The van der Waals surface area contributed by atoms with Crippen molar-refractivity contribution in [2.75, 3.05) is 7.11 Å². The van der Waals surface area contributed by atoms with Gasteiger partial charge in [0.1, 0.15) is 6.61 Å². The van der Waals surface area contributed by atoms with Crippen LogP contribution in [0.25, 0.3) is 5.69 Å². The second-order valence-electron chi connectivity index (χ2n) is 4.92. The van der Waals surface area contributed by atoms with Crippen molar-refractivity contribution >= 4 is 23.4 Å². The number of hydrogen-bond donors (Lipinski definition) is 0. The van der Waals surface area contributed by atoms with Gasteiger partial charge in [0.05, 0.1) is 0 Å². The van der Waals surface area contributed by atoms with Crippen molar-refractivity contribution in [2.24, 2.45) is 0 Å². The first-order chi connectivity index (χ1) is 11.3. The molecule has 3 rings (SSSR count). The second kappa shape index (κ2) is 7.64. The molecular weight excluding hydrogens is 330 g/mol. The van der Waals surface area contributed by atoms with Gasteiger partial charge in [0.25, 0.3) is 0 Å². The highest BCUT2D eigenvalue weighted by Gasteiger charge is 2.14. The molecule has 0 radical (unpaired) electrons. The molecule has 0 saturated heterocycles. The topological polar surface area (TPSA) is 39.9 Å². The van der Waals surface area contributed by atoms with E-state index in [1.165, 1.54) is 0 Å². The minimum absolute atomic E-state index is 0.416. The van der Waals surface area contributed by atoms with Crippen molar-refractivity contribution in [3.05, 3.63) is 71.0 Å². The van der Waals surface area contributed by atoms with Crippen LogP contribution in [0, 0.1) is 0 Å². The highest BCUT2D eigenvalue weighted by Crippen LogP contribution is 2.26. The van der Waals surface area contributed by atoms with Crippen LogP contribution >= 0.6 is 23.4 Å². The average molecular weight is 346 g/mol. The van der Waals surface area contributed by atoms with Gasteiger partial charge < -0.3 is 4.74 Å². The highest BCUT2D eigenvalue weighted by atomic mass is 35.5. The Balaban J connectivity index is 1.87. The van der Waals surface area contributed by atoms with Crippen molar-refractivity contribution in [1.29, 1.82) is 0 Å². The predicted molar refractivity (Wildman–Crippen MR) is 93.1 cm³/mol. The summed E-state index contributed by atoms with van der Waals surface area (Å²) in [5.41, 5.74) is 2.18. The van der Waals surface area contributed by atoms with E-state index in [-0.39, 0.29) is 0 Å². The quantitative estimate of drug-likeness (QED) is 0.622. The fourth-order valence-corrected chi connectivity index (χ4v) is 3.35. The zero-order valence-electron chi connectivity index (χ0n) is 12.6. The van der Waals surface area contributed by atoms with Crippen molar-refractivity contribution < 1.29 is 4.74 Å². The van der Waals surface area contributed by atoms with E-state index in [0.717, 1.165) is 33.0 Å². The van der Waals surface area contributed by atoms with Gasteiger partial charge in [-0.25, -0.2) is 0 Å². The van der Waals surface area contributed by atoms with Gasteiger partial charge >= 0.3 is 0 Å². The molecule has 3 aromatic rings. The van der Waals surface area contributed by atoms with Crippen LogP contribution in [-0.2, 0) is 17.1 Å². The largest absolute Gasteiger partial charge is 0.377 e. The number of rotatable bonds is 6. The molecule has 0 unspecified atom stereocenters. The van der Waals surface area contributed by atoms with E-state index in [4.69, 9.17) is 16.3 Å². The van der Waals surface area contributed by atoms with Crippen molar-refractivity contribution in [2.45, 2.75) is 17.5 Å². The number of thioether (sulfide) groups is 1. The predicted octanol–water partition coefficient (Wildman–Crippen LogP) is 4.36. The molecule has 0 saturated carbocycles. The smallest absolute Gasteiger partial charge is 0.196 e. The summed E-state index contributed by atoms with van der Waals surface area (Å²) in [5, 5.41) is 10.1. The summed E-state index contributed by atoms with van der Waals surface area (Å²) in [6.45, 7) is 0.416. The Kier molecular flexibility index (Phi) is 5.33. The third kappa shape index (κ3) is 3.93. The van der Waals surface area contributed by atoms with Crippen LogP contribution in [0.15, 0.2) is 59.8 Å². The van der Waals surface area contributed by atoms with Crippen LogP contribution in [0.1, 0.15) is 11.4 Å². The van der Waals surface area contributed by atoms with Crippen LogP contribution < -0.4 is 0 Å². The maximum atomic E-state index is 6.04. The number of hydrogen-bond acceptors (Lipinski definition) is 4. The molecule has 118 valence electrons. The molecule has 6 heteroatoms. The number of methoxy groups -OCH3 is 1. The fourth-order valence-electron chi connectivity index (χ4n) is 2.23. The minimum Gasteiger partial charge on any atom is -0.377 e. The van der Waals surface area contributed by atoms with E-state index >= 15 is 0 Å². The average Bonchev–Trinajstić information content (AvgIpc) is 2.97. The Hall–Kier alpha value is -1.82. The van der Waals surface area contributed by atoms with E-state index in [1.54, 1.807) is 18.9 Å². The minimum atomic E-state index is 0.416. The lowest BCUT2D eigenvalue weighted by atomic mass is 10.2. The summed E-state index contributed by atoms with van der Waals surface area (Å²) < 4.78 is 7.26. The molecule has 1 heterocycles. The Morgan fingerprint density at radius 2 is 1.91 bits per heavy atom. The third-order valence-corrected chi connectivity index (χ3v) is 4.48. The lowest BCUT2D eigenvalue weighted by Gasteiger charge is -2.09. The van der Waals surface area contributed by atoms with Crippen LogP contribution in [0.5, 0.6) is 0 Å². The first-order valence-electron chi connectivity index (χ1n) is 7.14. The molecule has 2 aromatic carbocycles. The molecule has 4 nitrogen and oxygen atoms in total. The molecule has 1 aromatic heterocycles. The molecular formula is C17H16ClN3OS. The molecule has 0 bridgehead atoms. The van der Waals surface area contributed by atoms with E-state index in [1.807, 2.05) is 53.1 Å². The SMILES string of the molecule is COCc1nnc(SCc2cccc(Cl)c2)n1-c1ccccc1. The Morgan fingerprint density at radius 3 is 2.65 bits per heavy atom. The van der Waals surface area contributed by atoms with Crippen LogP contribution in [0.2, 0.25) is 5.02 Å². The van der Waals surface area contributed by atoms with Crippen LogP contribution in [0.4, 0.5) is 0 Å². The standard InChI is InChI=1S/C17H16ClN3OS/c1-22-11-16-19-20-17(21(16)15-8-3-2-4-9-15)23-12-13-6-5-7-14(18)10-13/h2-10H,11-12H2,1H3. The fraction of sp³-hybridized carbons (Fsp3) is 0.176. The zero-order valence-corrected chi connectivity index (χ0v) is 14.2. The zero-order chi connectivity index (χ0) is 16.1. The molecule has 0 aliphatic heterocycles. The molecule has 0 amide bonds. The number of para-hydroxylation sites is 1. The second-order valence-corrected chi connectivity index (χ2v) is 6.30. The molecule has 0 fully saturated rings. The van der Waals surface area contributed by atoms with Crippen LogP contribution in [-0.4, -0.2) is 21.9 Å². The van der Waals surface area contributed by atoms with Gasteiger partial charge in [-0.1, -0.05) is 53.7 Å². The van der Waals surface area contributed by atoms with Gasteiger partial charge in [-0.15, -0.1) is 10.2 Å². The highest BCUT2D eigenvalue weighted by molar-refractivity contribution is 7.98. The molecule has 0 N–H and O–H groups in total. The van der Waals surface area contributed by atoms with Gasteiger partial charge in [0, 0.05) is 23.6 Å². The van der Waals surface area contributed by atoms with Gasteiger partial charge in [-0.2, -0.15) is 0 Å². The summed E-state index contributed by atoms with van der Waals surface area (Å²) in [4.78, 5) is 0. The summed E-state index contributed by atoms with van der Waals surface area (Å²) in [7, 11) is 1.66. The maximum absolute atomic E-state index is 6.04. The first-order valence-corrected chi connectivity index (χ1v) is 8.50. The molecule has 23 heavy (non-hydrogen) atoms. The molecule has 0 atom stereocenters. The molecule has 0 aliphatic carbocycles. The van der Waals surface area contributed by atoms with E-state index in [0.29, 0.717) is 6.61 Å². The summed E-state index contributed by atoms with van der Waals surface area (Å²) in [5.74, 6) is 1.56. The summed E-state index contributed by atoms with van der Waals surface area (Å²) in [6.07, 6.45) is 0. The van der Waals surface area contributed by atoms with Gasteiger partial charge in [0.15, 0.2) is 11.0 Å². The number of benzene rings is 2. The lowest BCUT2D eigenvalue weighted by molar-refractivity contribution is 0.176. The van der Waals surface area contributed by atoms with Crippen molar-refractivity contribution in [1.82, 2.24) is 14.8 Å². The molecule has 0 aliphatic rings. The summed E-state index contributed by atoms with van der Waals surface area (Å²) >= 11 is 7.67. The maximum Gasteiger partial charge on any atom is 0.196 e. The Bertz CT molecular complexity index is 777. The lowest BCUT2D eigenvalue weighted by Crippen LogP contribution is -2.03. The van der Waals surface area contributed by atoms with E-state index in [2.05, 4.69) is 16.3 Å². The monoisotopic (exact) mass is 345 g/mol. The number of ether oxygens (including phenoxy) is 1. The van der Waals surface area contributed by atoms with Gasteiger partial charge in [-0.05, 0) is 29.8 Å². The summed E-state index contributed by atoms with van der Waals surface area (Å²) in [6, 6.07) is 17.9. The third-order valence-electron chi connectivity index (χ3n) is 3.25. The van der Waals surface area contributed by atoms with Gasteiger partial charge in [-0.3, -0.25) is 4.57 Å². The normalized spacial score (nSPS) is 10.9. The molecule has 0 spiro atoms. The van der Waals surface area contributed by atoms with E-state index < -0.39 is 0 Å². The van der Waals surface area contributed by atoms with Gasteiger partial charge in [0.2, 0.25) is 0 Å². The van der Waals surface area contributed by atoms with Crippen molar-refractivity contribution in [3.8, 4) is 5.69 Å². The van der Waals surface area contributed by atoms with Crippen LogP contribution in [0.3, 0.4) is 0 Å². The Labute approximate surface area is 144 Å². The number of halogens is 1. The van der Waals surface area contributed by atoms with Crippen molar-refractivity contribution in [3.63, 3.8) is 0 Å². The number of aromatic nitrogens is 3. The number of nitrogens with zero attached hydrogens (tertiary/aromatic N) is 3. The Morgan fingerprint density at radius 1 is 1.09 bits per heavy atom. The first kappa shape index (κ1) is 16.1.